The predicted molar refractivity (Wildman–Crippen MR) is 111 cm³/mol. The van der Waals surface area contributed by atoms with Gasteiger partial charge in [0.25, 0.3) is 0 Å². The second-order valence-corrected chi connectivity index (χ2v) is 8.36. The van der Waals surface area contributed by atoms with Gasteiger partial charge in [-0.15, -0.1) is 0 Å². The fourth-order valence-electron chi connectivity index (χ4n) is 4.05. The molecule has 0 aliphatic heterocycles. The van der Waals surface area contributed by atoms with E-state index in [0.29, 0.717) is 29.8 Å². The second-order valence-electron chi connectivity index (χ2n) is 8.36. The average Bonchev–Trinajstić information content (AvgIpc) is 3.11. The van der Waals surface area contributed by atoms with Crippen LogP contribution in [0.4, 0.5) is 18.9 Å². The summed E-state index contributed by atoms with van der Waals surface area (Å²) < 4.78 is 43.8. The van der Waals surface area contributed by atoms with Gasteiger partial charge in [-0.05, 0) is 54.7 Å². The molecule has 1 aromatic heterocycles. The third-order valence-corrected chi connectivity index (χ3v) is 5.87. The van der Waals surface area contributed by atoms with Crippen molar-refractivity contribution in [1.29, 1.82) is 0 Å². The zero-order valence-electron chi connectivity index (χ0n) is 16.9. The molecule has 0 bridgehead atoms. The van der Waals surface area contributed by atoms with Gasteiger partial charge in [-0.25, -0.2) is 0 Å². The van der Waals surface area contributed by atoms with Crippen molar-refractivity contribution in [2.24, 2.45) is 11.3 Å². The molecule has 3 N–H and O–H groups in total. The van der Waals surface area contributed by atoms with E-state index in [2.05, 4.69) is 10.3 Å². The molecule has 3 aromatic rings. The van der Waals surface area contributed by atoms with E-state index in [9.17, 15) is 23.1 Å². The number of aromatic amines is 1. The number of hydrogen-bond donors (Lipinski definition) is 3. The van der Waals surface area contributed by atoms with Crippen molar-refractivity contribution in [3.63, 3.8) is 0 Å². The summed E-state index contributed by atoms with van der Waals surface area (Å²) in [5, 5.41) is 12.9. The summed E-state index contributed by atoms with van der Waals surface area (Å²) >= 11 is 0. The molecule has 4 rings (SSSR count). The summed E-state index contributed by atoms with van der Waals surface area (Å²) in [6, 6.07) is 10.2. The van der Waals surface area contributed by atoms with Crippen LogP contribution in [0, 0.1) is 11.3 Å². The van der Waals surface area contributed by atoms with Crippen LogP contribution in [0.5, 0.6) is 5.75 Å². The third kappa shape index (κ3) is 4.39. The van der Waals surface area contributed by atoms with Crippen molar-refractivity contribution in [2.75, 3.05) is 11.9 Å². The first-order valence-electron chi connectivity index (χ1n) is 10.0. The number of aliphatic hydroxyl groups excluding tert-OH is 1. The molecule has 1 amide bonds. The predicted octanol–water partition coefficient (Wildman–Crippen LogP) is 5.11. The monoisotopic (exact) mass is 432 g/mol. The lowest BCUT2D eigenvalue weighted by Gasteiger charge is -2.42. The summed E-state index contributed by atoms with van der Waals surface area (Å²) in [6.07, 6.45) is -1.35. The molecule has 0 radical (unpaired) electrons. The first-order chi connectivity index (χ1) is 14.7. The van der Waals surface area contributed by atoms with Gasteiger partial charge in [0.2, 0.25) is 5.91 Å². The second kappa shape index (κ2) is 7.92. The van der Waals surface area contributed by atoms with Gasteiger partial charge in [-0.1, -0.05) is 19.1 Å². The Balaban J connectivity index is 1.44. The molecule has 164 valence electrons. The number of carbonyl (C=O) groups excluding carboxylic acids is 1. The standard InChI is InChI=1S/C23H23F3N2O3/c1-22(9-15(10-22)12-29)21(30)28-20-11-27-19-7-6-17(8-18(19)20)31-13-14-2-4-16(5-3-14)23(24,25)26/h2-8,11,15,27,29H,9-10,12-13H2,1H3,(H,28,30). The Morgan fingerprint density at radius 3 is 2.58 bits per heavy atom. The number of amides is 1. The Bertz CT molecular complexity index is 1080. The van der Waals surface area contributed by atoms with Crippen LogP contribution in [0.1, 0.15) is 30.9 Å². The fourth-order valence-corrected chi connectivity index (χ4v) is 4.05. The summed E-state index contributed by atoms with van der Waals surface area (Å²) in [4.78, 5) is 15.8. The summed E-state index contributed by atoms with van der Waals surface area (Å²) in [7, 11) is 0. The third-order valence-electron chi connectivity index (χ3n) is 5.87. The lowest BCUT2D eigenvalue weighted by atomic mass is 9.63. The Morgan fingerprint density at radius 1 is 1.23 bits per heavy atom. The van der Waals surface area contributed by atoms with Gasteiger partial charge < -0.3 is 20.1 Å². The number of aromatic nitrogens is 1. The number of nitrogens with one attached hydrogen (secondary N) is 2. The van der Waals surface area contributed by atoms with Gasteiger partial charge in [-0.3, -0.25) is 4.79 Å². The van der Waals surface area contributed by atoms with Crippen LogP contribution in [0.15, 0.2) is 48.7 Å². The van der Waals surface area contributed by atoms with Crippen LogP contribution in [-0.4, -0.2) is 22.6 Å². The van der Waals surface area contributed by atoms with Gasteiger partial charge >= 0.3 is 6.18 Å². The number of fused-ring (bicyclic) bond motifs is 1. The minimum absolute atomic E-state index is 0.0887. The minimum atomic E-state index is -4.37. The van der Waals surface area contributed by atoms with E-state index in [-0.39, 0.29) is 25.0 Å². The molecule has 1 aliphatic carbocycles. The zero-order chi connectivity index (χ0) is 22.2. The van der Waals surface area contributed by atoms with Crippen molar-refractivity contribution in [2.45, 2.75) is 32.5 Å². The quantitative estimate of drug-likeness (QED) is 0.507. The van der Waals surface area contributed by atoms with Crippen LogP contribution in [0.3, 0.4) is 0 Å². The van der Waals surface area contributed by atoms with Crippen molar-refractivity contribution < 1.29 is 27.8 Å². The summed E-state index contributed by atoms with van der Waals surface area (Å²) in [5.74, 6) is 0.621. The maximum absolute atomic E-state index is 12.7. The highest BCUT2D eigenvalue weighted by Crippen LogP contribution is 2.46. The number of halogens is 3. The van der Waals surface area contributed by atoms with Crippen LogP contribution >= 0.6 is 0 Å². The van der Waals surface area contributed by atoms with Gasteiger partial charge in [0, 0.05) is 29.1 Å². The van der Waals surface area contributed by atoms with Crippen molar-refractivity contribution in [3.8, 4) is 5.75 Å². The van der Waals surface area contributed by atoms with Crippen LogP contribution in [-0.2, 0) is 17.6 Å². The molecule has 5 nitrogen and oxygen atoms in total. The van der Waals surface area contributed by atoms with E-state index >= 15 is 0 Å². The van der Waals surface area contributed by atoms with Crippen molar-refractivity contribution in [1.82, 2.24) is 4.98 Å². The topological polar surface area (TPSA) is 74.4 Å². The molecular weight excluding hydrogens is 409 g/mol. The Hall–Kier alpha value is -3.00. The Labute approximate surface area is 177 Å². The molecular formula is C23H23F3N2O3. The number of alkyl halides is 3. The summed E-state index contributed by atoms with van der Waals surface area (Å²) in [5.41, 5.74) is 0.883. The van der Waals surface area contributed by atoms with Crippen molar-refractivity contribution >= 4 is 22.5 Å². The lowest BCUT2D eigenvalue weighted by molar-refractivity contribution is -0.137. The minimum Gasteiger partial charge on any atom is -0.489 e. The molecule has 1 aliphatic rings. The average molecular weight is 432 g/mol. The fraction of sp³-hybridized carbons (Fsp3) is 0.348. The molecule has 1 heterocycles. The van der Waals surface area contributed by atoms with Gasteiger partial charge in [0.1, 0.15) is 12.4 Å². The normalized spacial score (nSPS) is 21.0. The molecule has 2 aromatic carbocycles. The van der Waals surface area contributed by atoms with Gasteiger partial charge in [0.05, 0.1) is 11.3 Å². The molecule has 0 saturated heterocycles. The van der Waals surface area contributed by atoms with E-state index in [1.54, 1.807) is 18.3 Å². The van der Waals surface area contributed by atoms with Crippen LogP contribution < -0.4 is 10.1 Å². The Morgan fingerprint density at radius 2 is 1.94 bits per heavy atom. The molecule has 1 fully saturated rings. The highest BCUT2D eigenvalue weighted by atomic mass is 19.4. The number of benzene rings is 2. The lowest BCUT2D eigenvalue weighted by Crippen LogP contribution is -2.45. The zero-order valence-corrected chi connectivity index (χ0v) is 16.9. The largest absolute Gasteiger partial charge is 0.489 e. The number of anilines is 1. The van der Waals surface area contributed by atoms with E-state index in [1.807, 2.05) is 13.0 Å². The maximum atomic E-state index is 12.7. The molecule has 0 spiro atoms. The molecule has 0 unspecified atom stereocenters. The van der Waals surface area contributed by atoms with Crippen LogP contribution in [0.25, 0.3) is 10.9 Å². The number of hydrogen-bond acceptors (Lipinski definition) is 3. The highest BCUT2D eigenvalue weighted by Gasteiger charge is 2.45. The number of ether oxygens (including phenoxy) is 1. The molecule has 0 atom stereocenters. The number of carbonyl (C=O) groups is 1. The first kappa shape index (κ1) is 21.2. The van der Waals surface area contributed by atoms with E-state index in [0.717, 1.165) is 23.0 Å². The highest BCUT2D eigenvalue weighted by molar-refractivity contribution is 6.04. The van der Waals surface area contributed by atoms with E-state index < -0.39 is 17.2 Å². The first-order valence-corrected chi connectivity index (χ1v) is 10.0. The van der Waals surface area contributed by atoms with Gasteiger partial charge in [0.15, 0.2) is 0 Å². The molecule has 1 saturated carbocycles. The van der Waals surface area contributed by atoms with Crippen molar-refractivity contribution in [3.05, 3.63) is 59.8 Å². The van der Waals surface area contributed by atoms with E-state index in [4.69, 9.17) is 4.74 Å². The number of rotatable bonds is 6. The maximum Gasteiger partial charge on any atom is 0.416 e. The van der Waals surface area contributed by atoms with Crippen LogP contribution in [0.2, 0.25) is 0 Å². The Kier molecular flexibility index (Phi) is 5.43. The summed E-state index contributed by atoms with van der Waals surface area (Å²) in [6.45, 7) is 2.11. The molecule has 31 heavy (non-hydrogen) atoms. The van der Waals surface area contributed by atoms with Gasteiger partial charge in [-0.2, -0.15) is 13.2 Å². The molecule has 8 heteroatoms. The van der Waals surface area contributed by atoms with E-state index in [1.165, 1.54) is 12.1 Å². The number of aliphatic hydroxyl groups is 1. The number of H-pyrrole nitrogens is 1. The SMILES string of the molecule is CC1(C(=O)Nc2c[nH]c3ccc(OCc4ccc(C(F)(F)F)cc4)cc23)CC(CO)C1. The smallest absolute Gasteiger partial charge is 0.416 e.